The molecule has 5 N–H and O–H groups in total. The lowest BCUT2D eigenvalue weighted by Gasteiger charge is -2.25. The first-order chi connectivity index (χ1) is 7.70. The molecule has 0 radical (unpaired) electrons. The van der Waals surface area contributed by atoms with Gasteiger partial charge in [-0.05, 0) is 12.1 Å². The Morgan fingerprint density at radius 2 is 2.06 bits per heavy atom. The van der Waals surface area contributed by atoms with Gasteiger partial charge in [0.1, 0.15) is 11.9 Å². The highest BCUT2D eigenvalue weighted by Crippen LogP contribution is 2.19. The van der Waals surface area contributed by atoms with Crippen molar-refractivity contribution < 1.29 is 0 Å². The SMILES string of the molecule is N#Cc1ccccc1N1C=C(N)N=C(N)N1. The normalized spacial score (nSPS) is 14.6. The lowest BCUT2D eigenvalue weighted by molar-refractivity contribution is 0.866. The quantitative estimate of drug-likeness (QED) is 0.608. The van der Waals surface area contributed by atoms with Crippen LogP contribution in [0.15, 0.2) is 41.3 Å². The topological polar surface area (TPSA) is 103 Å². The minimum atomic E-state index is 0.188. The van der Waals surface area contributed by atoms with Gasteiger partial charge in [0, 0.05) is 0 Å². The first-order valence-electron chi connectivity index (χ1n) is 4.57. The standard InChI is InChI=1S/C10H10N6/c11-5-7-3-1-2-4-8(7)16-6-9(12)14-10(13)15-16/h1-4,6H,12H2,(H3,13,14,15). The largest absolute Gasteiger partial charge is 0.382 e. The van der Waals surface area contributed by atoms with Crippen LogP contribution in [0.3, 0.4) is 0 Å². The Bertz CT molecular complexity index is 510. The van der Waals surface area contributed by atoms with Crippen molar-refractivity contribution in [1.82, 2.24) is 5.43 Å². The molecule has 1 aliphatic rings. The van der Waals surface area contributed by atoms with E-state index >= 15 is 0 Å². The van der Waals surface area contributed by atoms with E-state index in [1.54, 1.807) is 29.4 Å². The minimum absolute atomic E-state index is 0.188. The van der Waals surface area contributed by atoms with Crippen molar-refractivity contribution in [2.24, 2.45) is 16.5 Å². The van der Waals surface area contributed by atoms with Crippen LogP contribution in [0.1, 0.15) is 5.56 Å². The first kappa shape index (κ1) is 9.86. The number of anilines is 1. The lowest BCUT2D eigenvalue weighted by Crippen LogP contribution is -2.46. The molecule has 6 nitrogen and oxygen atoms in total. The highest BCUT2D eigenvalue weighted by Gasteiger charge is 2.13. The number of guanidine groups is 1. The molecule has 6 heteroatoms. The van der Waals surface area contributed by atoms with E-state index in [-0.39, 0.29) is 11.8 Å². The van der Waals surface area contributed by atoms with Crippen LogP contribution in [-0.2, 0) is 0 Å². The van der Waals surface area contributed by atoms with Crippen LogP contribution in [0, 0.1) is 11.3 Å². The number of nitrogens with one attached hydrogen (secondary N) is 1. The summed E-state index contributed by atoms with van der Waals surface area (Å²) < 4.78 is 0. The molecule has 2 rings (SSSR count). The number of nitriles is 1. The second-order valence-corrected chi connectivity index (χ2v) is 3.16. The summed E-state index contributed by atoms with van der Waals surface area (Å²) in [5.41, 5.74) is 15.1. The molecule has 0 fully saturated rings. The number of benzene rings is 1. The molecule has 0 saturated heterocycles. The van der Waals surface area contributed by atoms with E-state index in [9.17, 15) is 0 Å². The molecule has 0 amide bonds. The third-order valence-electron chi connectivity index (χ3n) is 2.03. The molecule has 0 unspecified atom stereocenters. The molecular formula is C10H10N6. The van der Waals surface area contributed by atoms with Gasteiger partial charge in [-0.25, -0.2) is 0 Å². The molecule has 0 spiro atoms. The summed E-state index contributed by atoms with van der Waals surface area (Å²) in [5.74, 6) is 0.469. The Balaban J connectivity index is 2.40. The monoisotopic (exact) mass is 214 g/mol. The molecule has 0 aromatic heterocycles. The summed E-state index contributed by atoms with van der Waals surface area (Å²) in [4.78, 5) is 3.81. The number of hydrogen-bond donors (Lipinski definition) is 3. The van der Waals surface area contributed by atoms with Crippen molar-refractivity contribution in [3.63, 3.8) is 0 Å². The smallest absolute Gasteiger partial charge is 0.214 e. The fourth-order valence-corrected chi connectivity index (χ4v) is 1.39. The van der Waals surface area contributed by atoms with Crippen molar-refractivity contribution in [1.29, 1.82) is 5.26 Å². The van der Waals surface area contributed by atoms with E-state index in [1.807, 2.05) is 6.07 Å². The maximum Gasteiger partial charge on any atom is 0.214 e. The van der Waals surface area contributed by atoms with Crippen LogP contribution in [0.5, 0.6) is 0 Å². The van der Waals surface area contributed by atoms with Crippen LogP contribution < -0.4 is 21.9 Å². The fraction of sp³-hybridized carbons (Fsp3) is 0. The summed E-state index contributed by atoms with van der Waals surface area (Å²) in [6.07, 6.45) is 1.56. The van der Waals surface area contributed by atoms with E-state index in [0.717, 1.165) is 0 Å². The number of nitrogens with zero attached hydrogens (tertiary/aromatic N) is 3. The molecule has 0 atom stereocenters. The summed E-state index contributed by atoms with van der Waals surface area (Å²) in [6.45, 7) is 0. The van der Waals surface area contributed by atoms with Crippen molar-refractivity contribution >= 4 is 11.6 Å². The summed E-state index contributed by atoms with van der Waals surface area (Å²) in [5, 5.41) is 10.5. The molecule has 1 aromatic rings. The average molecular weight is 214 g/mol. The molecule has 0 aliphatic carbocycles. The molecule has 1 aliphatic heterocycles. The van der Waals surface area contributed by atoms with E-state index in [1.165, 1.54) is 0 Å². The second kappa shape index (κ2) is 3.82. The van der Waals surface area contributed by atoms with Gasteiger partial charge in [0.05, 0.1) is 17.5 Å². The number of para-hydroxylation sites is 1. The van der Waals surface area contributed by atoms with Gasteiger partial charge in [0.15, 0.2) is 0 Å². The highest BCUT2D eigenvalue weighted by atomic mass is 15.5. The predicted octanol–water partition coefficient (Wildman–Crippen LogP) is -0.0448. The van der Waals surface area contributed by atoms with Gasteiger partial charge < -0.3 is 11.5 Å². The number of hydrazine groups is 1. The van der Waals surface area contributed by atoms with Crippen LogP contribution in [0.25, 0.3) is 0 Å². The fourth-order valence-electron chi connectivity index (χ4n) is 1.39. The van der Waals surface area contributed by atoms with E-state index in [0.29, 0.717) is 11.3 Å². The molecule has 0 saturated carbocycles. The first-order valence-corrected chi connectivity index (χ1v) is 4.57. The van der Waals surface area contributed by atoms with Gasteiger partial charge in [-0.15, -0.1) is 0 Å². The predicted molar refractivity (Wildman–Crippen MR) is 60.7 cm³/mol. The van der Waals surface area contributed by atoms with Crippen molar-refractivity contribution in [2.45, 2.75) is 0 Å². The lowest BCUT2D eigenvalue weighted by atomic mass is 10.2. The van der Waals surface area contributed by atoms with E-state index in [2.05, 4.69) is 16.5 Å². The Morgan fingerprint density at radius 1 is 1.31 bits per heavy atom. The number of aliphatic imine (C=N–C) groups is 1. The third-order valence-corrected chi connectivity index (χ3v) is 2.03. The Morgan fingerprint density at radius 3 is 2.75 bits per heavy atom. The number of hydrogen-bond acceptors (Lipinski definition) is 6. The Hall–Kier alpha value is -2.68. The maximum absolute atomic E-state index is 8.96. The van der Waals surface area contributed by atoms with Gasteiger partial charge >= 0.3 is 0 Å². The van der Waals surface area contributed by atoms with Crippen molar-refractivity contribution in [3.8, 4) is 6.07 Å². The van der Waals surface area contributed by atoms with Crippen molar-refractivity contribution in [2.75, 3.05) is 5.01 Å². The third kappa shape index (κ3) is 1.74. The molecule has 16 heavy (non-hydrogen) atoms. The highest BCUT2D eigenvalue weighted by molar-refractivity contribution is 5.83. The van der Waals surface area contributed by atoms with Gasteiger partial charge in [-0.2, -0.15) is 10.3 Å². The molecule has 80 valence electrons. The Kier molecular flexibility index (Phi) is 2.36. The average Bonchev–Trinajstić information content (AvgIpc) is 2.27. The zero-order valence-corrected chi connectivity index (χ0v) is 8.38. The second-order valence-electron chi connectivity index (χ2n) is 3.16. The molecule has 0 bridgehead atoms. The number of rotatable bonds is 1. The minimum Gasteiger partial charge on any atom is -0.382 e. The van der Waals surface area contributed by atoms with Gasteiger partial charge in [-0.3, -0.25) is 10.4 Å². The summed E-state index contributed by atoms with van der Waals surface area (Å²) in [6, 6.07) is 9.20. The zero-order chi connectivity index (χ0) is 11.5. The summed E-state index contributed by atoms with van der Waals surface area (Å²) >= 11 is 0. The van der Waals surface area contributed by atoms with Gasteiger partial charge in [0.25, 0.3) is 0 Å². The van der Waals surface area contributed by atoms with Crippen molar-refractivity contribution in [3.05, 3.63) is 41.8 Å². The molecule has 1 aromatic carbocycles. The van der Waals surface area contributed by atoms with Crippen LogP contribution in [-0.4, -0.2) is 5.96 Å². The van der Waals surface area contributed by atoms with Crippen LogP contribution in [0.4, 0.5) is 5.69 Å². The number of nitrogens with two attached hydrogens (primary N) is 2. The zero-order valence-electron chi connectivity index (χ0n) is 8.38. The van der Waals surface area contributed by atoms with Crippen LogP contribution >= 0.6 is 0 Å². The summed E-state index contributed by atoms with van der Waals surface area (Å²) in [7, 11) is 0. The molecular weight excluding hydrogens is 204 g/mol. The maximum atomic E-state index is 8.96. The Labute approximate surface area is 92.4 Å². The molecule has 1 heterocycles. The van der Waals surface area contributed by atoms with E-state index in [4.69, 9.17) is 16.7 Å². The van der Waals surface area contributed by atoms with Gasteiger partial charge in [-0.1, -0.05) is 12.1 Å². The van der Waals surface area contributed by atoms with Gasteiger partial charge in [0.2, 0.25) is 5.96 Å². The van der Waals surface area contributed by atoms with E-state index < -0.39 is 0 Å². The van der Waals surface area contributed by atoms with Crippen LogP contribution in [0.2, 0.25) is 0 Å².